The largest absolute Gasteiger partial charge is 0.325 e. The van der Waals surface area contributed by atoms with Crippen LogP contribution in [0.15, 0.2) is 36.6 Å². The maximum Gasteiger partial charge on any atom is 0.235 e. The van der Waals surface area contributed by atoms with Gasteiger partial charge in [-0.05, 0) is 24.5 Å². The molecule has 82 valence electrons. The predicted molar refractivity (Wildman–Crippen MR) is 63.2 cm³/mol. The SMILES string of the molecule is C=CC1=C(C=C)C2(CCC2)C(=O)N1.CC. The quantitative estimate of drug-likeness (QED) is 0.737. The van der Waals surface area contributed by atoms with Crippen LogP contribution < -0.4 is 5.32 Å². The van der Waals surface area contributed by atoms with Crippen molar-refractivity contribution >= 4 is 5.91 Å². The Morgan fingerprint density at radius 2 is 1.87 bits per heavy atom. The molecule has 0 aromatic heterocycles. The first kappa shape index (κ1) is 11.8. The van der Waals surface area contributed by atoms with Crippen molar-refractivity contribution < 1.29 is 4.79 Å². The molecule has 1 spiro atoms. The average molecular weight is 205 g/mol. The van der Waals surface area contributed by atoms with Gasteiger partial charge in [0.05, 0.1) is 5.41 Å². The average Bonchev–Trinajstić information content (AvgIpc) is 2.52. The summed E-state index contributed by atoms with van der Waals surface area (Å²) in [4.78, 5) is 11.7. The van der Waals surface area contributed by atoms with E-state index in [0.717, 1.165) is 30.5 Å². The van der Waals surface area contributed by atoms with Gasteiger partial charge < -0.3 is 5.32 Å². The Hall–Kier alpha value is -1.31. The molecule has 1 amide bonds. The fraction of sp³-hybridized carbons (Fsp3) is 0.462. The third-order valence-electron chi connectivity index (χ3n) is 3.10. The second-order valence-electron chi connectivity index (χ2n) is 3.63. The first-order valence-electron chi connectivity index (χ1n) is 5.56. The van der Waals surface area contributed by atoms with Crippen molar-refractivity contribution in [2.45, 2.75) is 33.1 Å². The molecule has 1 heterocycles. The molecule has 1 aliphatic heterocycles. The third kappa shape index (κ3) is 1.54. The van der Waals surface area contributed by atoms with Crippen molar-refractivity contribution in [3.05, 3.63) is 36.6 Å². The Morgan fingerprint density at radius 1 is 1.27 bits per heavy atom. The molecular weight excluding hydrogens is 186 g/mol. The van der Waals surface area contributed by atoms with Crippen LogP contribution in [0.1, 0.15) is 33.1 Å². The summed E-state index contributed by atoms with van der Waals surface area (Å²) in [6.07, 6.45) is 6.53. The van der Waals surface area contributed by atoms with E-state index in [9.17, 15) is 4.79 Å². The number of rotatable bonds is 2. The summed E-state index contributed by atoms with van der Waals surface area (Å²) in [5.74, 6) is 0.128. The minimum atomic E-state index is -0.245. The first-order valence-corrected chi connectivity index (χ1v) is 5.56. The van der Waals surface area contributed by atoms with Gasteiger partial charge in [-0.15, -0.1) is 0 Å². The van der Waals surface area contributed by atoms with E-state index in [-0.39, 0.29) is 11.3 Å². The molecule has 0 saturated heterocycles. The van der Waals surface area contributed by atoms with Crippen LogP contribution in [0.25, 0.3) is 0 Å². The van der Waals surface area contributed by atoms with Crippen LogP contribution in [0, 0.1) is 5.41 Å². The highest BCUT2D eigenvalue weighted by molar-refractivity contribution is 5.93. The smallest absolute Gasteiger partial charge is 0.235 e. The zero-order chi connectivity index (χ0) is 11.5. The van der Waals surface area contributed by atoms with Crippen molar-refractivity contribution in [2.24, 2.45) is 5.41 Å². The van der Waals surface area contributed by atoms with Gasteiger partial charge in [-0.25, -0.2) is 0 Å². The molecule has 0 atom stereocenters. The van der Waals surface area contributed by atoms with Crippen LogP contribution in [0.3, 0.4) is 0 Å². The van der Waals surface area contributed by atoms with Crippen LogP contribution in [-0.4, -0.2) is 5.91 Å². The van der Waals surface area contributed by atoms with Crippen molar-refractivity contribution in [2.75, 3.05) is 0 Å². The molecule has 0 bridgehead atoms. The monoisotopic (exact) mass is 205 g/mol. The van der Waals surface area contributed by atoms with Gasteiger partial charge in [-0.3, -0.25) is 4.79 Å². The highest BCUT2D eigenvalue weighted by atomic mass is 16.2. The molecule has 0 aromatic rings. The number of allylic oxidation sites excluding steroid dienone is 2. The molecule has 2 heteroatoms. The second kappa shape index (κ2) is 4.47. The van der Waals surface area contributed by atoms with Gasteiger partial charge in [0.1, 0.15) is 0 Å². The van der Waals surface area contributed by atoms with Crippen molar-refractivity contribution in [1.82, 2.24) is 5.32 Å². The van der Waals surface area contributed by atoms with E-state index in [1.807, 2.05) is 13.8 Å². The number of carbonyl (C=O) groups excluding carboxylic acids is 1. The maximum absolute atomic E-state index is 11.7. The minimum absolute atomic E-state index is 0.128. The molecule has 0 aromatic carbocycles. The lowest BCUT2D eigenvalue weighted by Gasteiger charge is -2.36. The van der Waals surface area contributed by atoms with Gasteiger partial charge in [0.15, 0.2) is 0 Å². The summed E-state index contributed by atoms with van der Waals surface area (Å²) in [6, 6.07) is 0. The van der Waals surface area contributed by atoms with Gasteiger partial charge in [0.25, 0.3) is 0 Å². The number of carbonyl (C=O) groups is 1. The van der Waals surface area contributed by atoms with E-state index in [1.54, 1.807) is 12.2 Å². The molecule has 2 rings (SSSR count). The molecule has 0 unspecified atom stereocenters. The first-order chi connectivity index (χ1) is 7.24. The van der Waals surface area contributed by atoms with Crippen LogP contribution >= 0.6 is 0 Å². The fourth-order valence-electron chi connectivity index (χ4n) is 2.18. The number of amides is 1. The molecule has 15 heavy (non-hydrogen) atoms. The predicted octanol–water partition coefficient (Wildman–Crippen LogP) is 2.94. The topological polar surface area (TPSA) is 29.1 Å². The van der Waals surface area contributed by atoms with Gasteiger partial charge in [0, 0.05) is 5.70 Å². The van der Waals surface area contributed by atoms with Gasteiger partial charge in [0.2, 0.25) is 5.91 Å². The van der Waals surface area contributed by atoms with E-state index in [1.165, 1.54) is 0 Å². The van der Waals surface area contributed by atoms with Crippen LogP contribution in [-0.2, 0) is 4.79 Å². The summed E-state index contributed by atoms with van der Waals surface area (Å²) in [6.45, 7) is 11.4. The van der Waals surface area contributed by atoms with Crippen LogP contribution in [0.4, 0.5) is 0 Å². The zero-order valence-electron chi connectivity index (χ0n) is 9.60. The summed E-state index contributed by atoms with van der Waals surface area (Å²) in [7, 11) is 0. The lowest BCUT2D eigenvalue weighted by atomic mass is 9.64. The van der Waals surface area contributed by atoms with E-state index >= 15 is 0 Å². The fourth-order valence-corrected chi connectivity index (χ4v) is 2.18. The Balaban J connectivity index is 0.000000531. The number of nitrogens with one attached hydrogen (secondary N) is 1. The van der Waals surface area contributed by atoms with Gasteiger partial charge >= 0.3 is 0 Å². The van der Waals surface area contributed by atoms with E-state index in [0.29, 0.717) is 0 Å². The molecular formula is C13H19NO. The molecule has 1 N–H and O–H groups in total. The minimum Gasteiger partial charge on any atom is -0.325 e. The lowest BCUT2D eigenvalue weighted by molar-refractivity contribution is -0.130. The van der Waals surface area contributed by atoms with Crippen molar-refractivity contribution in [3.8, 4) is 0 Å². The maximum atomic E-state index is 11.7. The summed E-state index contributed by atoms with van der Waals surface area (Å²) >= 11 is 0. The highest BCUT2D eigenvalue weighted by Gasteiger charge is 2.50. The van der Waals surface area contributed by atoms with E-state index < -0.39 is 0 Å². The van der Waals surface area contributed by atoms with E-state index in [4.69, 9.17) is 0 Å². The van der Waals surface area contributed by atoms with Crippen LogP contribution in [0.5, 0.6) is 0 Å². The number of hydrogen-bond acceptors (Lipinski definition) is 1. The highest BCUT2D eigenvalue weighted by Crippen LogP contribution is 2.51. The third-order valence-corrected chi connectivity index (χ3v) is 3.10. The van der Waals surface area contributed by atoms with Crippen LogP contribution in [0.2, 0.25) is 0 Å². The Labute approximate surface area is 91.8 Å². The molecule has 1 aliphatic carbocycles. The van der Waals surface area contributed by atoms with Crippen molar-refractivity contribution in [1.29, 1.82) is 0 Å². The standard InChI is InChI=1S/C11H13NO.C2H6/c1-3-8-9(4-2)12-10(13)11(8)6-5-7-11;1-2/h3-4H,1-2,5-7H2,(H,12,13);1-2H3. The van der Waals surface area contributed by atoms with Gasteiger partial charge in [-0.1, -0.05) is 39.5 Å². The van der Waals surface area contributed by atoms with E-state index in [2.05, 4.69) is 18.5 Å². The Bertz CT molecular complexity index is 321. The molecule has 0 radical (unpaired) electrons. The normalized spacial score (nSPS) is 21.3. The van der Waals surface area contributed by atoms with Gasteiger partial charge in [-0.2, -0.15) is 0 Å². The lowest BCUT2D eigenvalue weighted by Crippen LogP contribution is -2.39. The Morgan fingerprint density at radius 3 is 2.20 bits per heavy atom. The molecule has 2 aliphatic rings. The molecule has 1 saturated carbocycles. The number of hydrogen-bond donors (Lipinski definition) is 1. The molecule has 1 fully saturated rings. The zero-order valence-corrected chi connectivity index (χ0v) is 9.60. The molecule has 2 nitrogen and oxygen atoms in total. The van der Waals surface area contributed by atoms with Crippen molar-refractivity contribution in [3.63, 3.8) is 0 Å². The summed E-state index contributed by atoms with van der Waals surface area (Å²) < 4.78 is 0. The summed E-state index contributed by atoms with van der Waals surface area (Å²) in [5.41, 5.74) is 1.64. The Kier molecular flexibility index (Phi) is 3.51. The summed E-state index contributed by atoms with van der Waals surface area (Å²) in [5, 5.41) is 2.85. The second-order valence-corrected chi connectivity index (χ2v) is 3.63.